The first-order valence-corrected chi connectivity index (χ1v) is 9.81. The number of aromatic carboxylic acids is 1. The largest absolute Gasteiger partial charge is 0.506 e. The molecule has 0 aromatic heterocycles. The normalized spacial score (nSPS) is 15.0. The number of carbonyl (C=O) groups excluding carboxylic acids is 3. The Labute approximate surface area is 180 Å². The second-order valence-corrected chi connectivity index (χ2v) is 7.65. The average molecular weight is 447 g/mol. The maximum absolute atomic E-state index is 12.5. The van der Waals surface area contributed by atoms with E-state index in [0.29, 0.717) is 10.6 Å². The molecule has 2 aromatic rings. The van der Waals surface area contributed by atoms with Crippen molar-refractivity contribution in [3.8, 4) is 5.75 Å². The van der Waals surface area contributed by atoms with Gasteiger partial charge in [0.05, 0.1) is 16.2 Å². The summed E-state index contributed by atoms with van der Waals surface area (Å²) in [6, 6.07) is 10.3. The van der Waals surface area contributed by atoms with Gasteiger partial charge in [0.25, 0.3) is 11.1 Å². The number of amides is 3. The summed E-state index contributed by atoms with van der Waals surface area (Å²) in [6.07, 6.45) is 1.38. The van der Waals surface area contributed by atoms with E-state index in [0.717, 1.165) is 22.7 Å². The molecule has 0 aliphatic carbocycles. The number of carboxylic acid groups (broad SMARTS) is 1. The molecule has 0 atom stereocenters. The molecule has 2 aromatic carbocycles. The number of aromatic hydroxyl groups is 1. The number of rotatable bonds is 6. The molecule has 1 fully saturated rings. The number of nitrogens with zero attached hydrogens (tertiary/aromatic N) is 1. The molecule has 1 aliphatic rings. The maximum atomic E-state index is 12.5. The predicted octanol–water partition coefficient (Wildman–Crippen LogP) is 3.81. The van der Waals surface area contributed by atoms with Gasteiger partial charge < -0.3 is 15.5 Å². The minimum atomic E-state index is -1.21. The minimum absolute atomic E-state index is 0.0294. The van der Waals surface area contributed by atoms with Gasteiger partial charge in [-0.3, -0.25) is 19.3 Å². The van der Waals surface area contributed by atoms with E-state index >= 15 is 0 Å². The Morgan fingerprint density at radius 3 is 2.47 bits per heavy atom. The third-order valence-corrected chi connectivity index (χ3v) is 5.28. The number of anilines is 1. The van der Waals surface area contributed by atoms with Crippen LogP contribution in [-0.4, -0.2) is 44.7 Å². The van der Waals surface area contributed by atoms with Crippen molar-refractivity contribution in [2.75, 3.05) is 11.9 Å². The SMILES string of the molecule is O=C(CCN1C(=O)S/C(=C/c2ccc(Cl)cc2)C1=O)Nc1ccc(C(=O)O)cc1O. The molecule has 3 amide bonds. The van der Waals surface area contributed by atoms with Gasteiger partial charge in [0.15, 0.2) is 0 Å². The Balaban J connectivity index is 1.60. The van der Waals surface area contributed by atoms with Gasteiger partial charge in [-0.05, 0) is 53.7 Å². The standard InChI is InChI=1S/C20H15ClN2O6S/c21-13-4-1-11(2-5-13)9-16-18(26)23(20(29)30-16)8-7-17(25)22-14-6-3-12(19(27)28)10-15(14)24/h1-6,9-10,24H,7-8H2,(H,22,25)(H,27,28)/b16-9+. The van der Waals surface area contributed by atoms with Crippen molar-refractivity contribution in [3.05, 3.63) is 63.5 Å². The number of imide groups is 1. The van der Waals surface area contributed by atoms with E-state index in [1.807, 2.05) is 0 Å². The topological polar surface area (TPSA) is 124 Å². The van der Waals surface area contributed by atoms with Crippen LogP contribution in [0.4, 0.5) is 10.5 Å². The Morgan fingerprint density at radius 2 is 1.83 bits per heavy atom. The first kappa shape index (κ1) is 21.4. The molecule has 0 spiro atoms. The number of phenolic OH excluding ortho intramolecular Hbond substituents is 1. The van der Waals surface area contributed by atoms with Crippen LogP contribution in [0.15, 0.2) is 47.4 Å². The van der Waals surface area contributed by atoms with Gasteiger partial charge in [-0.15, -0.1) is 0 Å². The molecule has 1 saturated heterocycles. The summed E-state index contributed by atoms with van der Waals surface area (Å²) in [7, 11) is 0. The van der Waals surface area contributed by atoms with Crippen molar-refractivity contribution in [1.82, 2.24) is 4.90 Å². The Hall–Kier alpha value is -3.30. The minimum Gasteiger partial charge on any atom is -0.506 e. The molecular weight excluding hydrogens is 432 g/mol. The molecule has 3 rings (SSSR count). The highest BCUT2D eigenvalue weighted by molar-refractivity contribution is 8.18. The lowest BCUT2D eigenvalue weighted by molar-refractivity contribution is -0.123. The van der Waals surface area contributed by atoms with E-state index < -0.39 is 28.8 Å². The molecule has 8 nitrogen and oxygen atoms in total. The molecule has 0 saturated carbocycles. The van der Waals surface area contributed by atoms with Crippen LogP contribution in [0.2, 0.25) is 5.02 Å². The van der Waals surface area contributed by atoms with Crippen LogP contribution in [0.25, 0.3) is 6.08 Å². The Bertz CT molecular complexity index is 1070. The molecule has 154 valence electrons. The molecule has 0 bridgehead atoms. The Morgan fingerprint density at radius 1 is 1.13 bits per heavy atom. The average Bonchev–Trinajstić information content (AvgIpc) is 2.96. The summed E-state index contributed by atoms with van der Waals surface area (Å²) in [5, 5.41) is 21.2. The van der Waals surface area contributed by atoms with Crippen molar-refractivity contribution in [1.29, 1.82) is 0 Å². The third kappa shape index (κ3) is 5.00. The fraction of sp³-hybridized carbons (Fsp3) is 0.100. The zero-order valence-electron chi connectivity index (χ0n) is 15.3. The lowest BCUT2D eigenvalue weighted by Crippen LogP contribution is -2.31. The monoisotopic (exact) mass is 446 g/mol. The molecule has 30 heavy (non-hydrogen) atoms. The first-order valence-electron chi connectivity index (χ1n) is 8.61. The molecule has 0 unspecified atom stereocenters. The van der Waals surface area contributed by atoms with Gasteiger partial charge in [0, 0.05) is 18.0 Å². The van der Waals surface area contributed by atoms with Crippen LogP contribution in [0, 0.1) is 0 Å². The first-order chi connectivity index (χ1) is 14.2. The highest BCUT2D eigenvalue weighted by atomic mass is 35.5. The number of hydrogen-bond acceptors (Lipinski definition) is 6. The molecular formula is C20H15ClN2O6S. The van der Waals surface area contributed by atoms with Crippen LogP contribution < -0.4 is 5.32 Å². The van der Waals surface area contributed by atoms with E-state index in [4.69, 9.17) is 16.7 Å². The third-order valence-electron chi connectivity index (χ3n) is 4.12. The number of thioether (sulfide) groups is 1. The van der Waals surface area contributed by atoms with Crippen molar-refractivity contribution >= 4 is 58.1 Å². The number of phenols is 1. The summed E-state index contributed by atoms with van der Waals surface area (Å²) in [4.78, 5) is 48.8. The maximum Gasteiger partial charge on any atom is 0.335 e. The number of halogens is 1. The lowest BCUT2D eigenvalue weighted by Gasteiger charge is -2.13. The number of hydrogen-bond donors (Lipinski definition) is 3. The smallest absolute Gasteiger partial charge is 0.335 e. The van der Waals surface area contributed by atoms with E-state index in [9.17, 15) is 24.3 Å². The summed E-state index contributed by atoms with van der Waals surface area (Å²) in [6.45, 7) is -0.136. The molecule has 10 heteroatoms. The second kappa shape index (κ2) is 9.02. The molecule has 0 radical (unpaired) electrons. The van der Waals surface area contributed by atoms with E-state index in [1.165, 1.54) is 12.1 Å². The summed E-state index contributed by atoms with van der Waals surface area (Å²) in [5.41, 5.74) is 0.612. The Kier molecular flexibility index (Phi) is 6.43. The van der Waals surface area contributed by atoms with Crippen molar-refractivity contribution in [3.63, 3.8) is 0 Å². The van der Waals surface area contributed by atoms with E-state index in [1.54, 1.807) is 30.3 Å². The van der Waals surface area contributed by atoms with Crippen LogP contribution in [0.1, 0.15) is 22.3 Å². The van der Waals surface area contributed by atoms with Gasteiger partial charge in [-0.2, -0.15) is 0 Å². The number of carbonyl (C=O) groups is 4. The van der Waals surface area contributed by atoms with Crippen molar-refractivity contribution in [2.24, 2.45) is 0 Å². The zero-order valence-corrected chi connectivity index (χ0v) is 16.9. The predicted molar refractivity (Wildman–Crippen MR) is 112 cm³/mol. The van der Waals surface area contributed by atoms with Crippen LogP contribution in [-0.2, 0) is 9.59 Å². The summed E-state index contributed by atoms with van der Waals surface area (Å²) in [5.74, 6) is -2.66. The van der Waals surface area contributed by atoms with Crippen LogP contribution in [0.3, 0.4) is 0 Å². The van der Waals surface area contributed by atoms with Gasteiger partial charge in [-0.1, -0.05) is 23.7 Å². The second-order valence-electron chi connectivity index (χ2n) is 6.22. The van der Waals surface area contributed by atoms with Gasteiger partial charge in [0.2, 0.25) is 5.91 Å². The van der Waals surface area contributed by atoms with Gasteiger partial charge in [0.1, 0.15) is 5.75 Å². The van der Waals surface area contributed by atoms with E-state index in [-0.39, 0.29) is 29.1 Å². The molecule has 1 aliphatic heterocycles. The summed E-state index contributed by atoms with van der Waals surface area (Å²) < 4.78 is 0. The fourth-order valence-corrected chi connectivity index (χ4v) is 3.59. The van der Waals surface area contributed by atoms with Crippen LogP contribution >= 0.6 is 23.4 Å². The highest BCUT2D eigenvalue weighted by Gasteiger charge is 2.35. The van der Waals surface area contributed by atoms with Crippen molar-refractivity contribution in [2.45, 2.75) is 6.42 Å². The van der Waals surface area contributed by atoms with Gasteiger partial charge >= 0.3 is 5.97 Å². The molecule has 1 heterocycles. The quantitative estimate of drug-likeness (QED) is 0.455. The van der Waals surface area contributed by atoms with E-state index in [2.05, 4.69) is 5.32 Å². The van der Waals surface area contributed by atoms with Gasteiger partial charge in [-0.25, -0.2) is 4.79 Å². The fourth-order valence-electron chi connectivity index (χ4n) is 2.60. The van der Waals surface area contributed by atoms with Crippen molar-refractivity contribution < 1.29 is 29.4 Å². The van der Waals surface area contributed by atoms with Crippen LogP contribution in [0.5, 0.6) is 5.75 Å². The zero-order chi connectivity index (χ0) is 21.8. The number of nitrogens with one attached hydrogen (secondary N) is 1. The highest BCUT2D eigenvalue weighted by Crippen LogP contribution is 2.32. The molecule has 3 N–H and O–H groups in total. The number of benzene rings is 2. The lowest BCUT2D eigenvalue weighted by atomic mass is 10.2. The summed E-state index contributed by atoms with van der Waals surface area (Å²) >= 11 is 6.61. The number of carboxylic acids is 1.